The number of hydrogen-bond acceptors (Lipinski definition) is 7. The van der Waals surface area contributed by atoms with Crippen LogP contribution in [0.3, 0.4) is 0 Å². The third-order valence-corrected chi connectivity index (χ3v) is 4.02. The second kappa shape index (κ2) is 8.62. The summed E-state index contributed by atoms with van der Waals surface area (Å²) in [7, 11) is 1.58. The average Bonchev–Trinajstić information content (AvgIpc) is 2.70. The molecule has 146 valence electrons. The molecule has 0 aliphatic carbocycles. The van der Waals surface area contributed by atoms with Crippen molar-refractivity contribution in [3.63, 3.8) is 0 Å². The molecule has 0 bridgehead atoms. The van der Waals surface area contributed by atoms with Crippen molar-refractivity contribution < 1.29 is 9.47 Å². The number of benzene rings is 1. The van der Waals surface area contributed by atoms with E-state index in [1.807, 2.05) is 44.2 Å². The molecule has 3 rings (SSSR count). The van der Waals surface area contributed by atoms with Gasteiger partial charge in [0.25, 0.3) is 11.4 Å². The van der Waals surface area contributed by atoms with Crippen molar-refractivity contribution in [2.45, 2.75) is 19.9 Å². The number of aromatic nitrogens is 4. The third-order valence-electron chi connectivity index (χ3n) is 4.02. The predicted molar refractivity (Wildman–Crippen MR) is 107 cm³/mol. The summed E-state index contributed by atoms with van der Waals surface area (Å²) in [5.74, 6) is 0.381. The van der Waals surface area contributed by atoms with Gasteiger partial charge in [0, 0.05) is 18.7 Å². The molecule has 0 radical (unpaired) electrons. The molecule has 0 fully saturated rings. The zero-order chi connectivity index (χ0) is 20.1. The highest BCUT2D eigenvalue weighted by Gasteiger charge is 2.18. The van der Waals surface area contributed by atoms with Gasteiger partial charge in [-0.15, -0.1) is 0 Å². The van der Waals surface area contributed by atoms with Crippen LogP contribution in [0.5, 0.6) is 5.88 Å². The van der Waals surface area contributed by atoms with Gasteiger partial charge in [0.05, 0.1) is 12.6 Å². The Bertz CT molecular complexity index is 1000. The Morgan fingerprint density at radius 2 is 1.79 bits per heavy atom. The average molecular weight is 381 g/mol. The lowest BCUT2D eigenvalue weighted by molar-refractivity contribution is 0.144. The molecule has 1 aromatic carbocycles. The molecule has 8 nitrogen and oxygen atoms in total. The molecule has 2 N–H and O–H groups in total. The molecule has 0 aliphatic rings. The molecule has 0 aliphatic heterocycles. The monoisotopic (exact) mass is 381 g/mol. The minimum Gasteiger partial charge on any atom is -0.473 e. The lowest BCUT2D eigenvalue weighted by atomic mass is 10.1. The van der Waals surface area contributed by atoms with Gasteiger partial charge in [0.1, 0.15) is 23.7 Å². The quantitative estimate of drug-likeness (QED) is 0.627. The van der Waals surface area contributed by atoms with E-state index < -0.39 is 0 Å². The maximum atomic E-state index is 12.1. The summed E-state index contributed by atoms with van der Waals surface area (Å²) in [5.41, 5.74) is 8.30. The van der Waals surface area contributed by atoms with Gasteiger partial charge >= 0.3 is 0 Å². The number of nitrogen functional groups attached to an aromatic ring is 1. The minimum atomic E-state index is -0.181. The lowest BCUT2D eigenvalue weighted by Crippen LogP contribution is -2.24. The molecular formula is C20H23N5O3. The molecule has 2 heterocycles. The van der Waals surface area contributed by atoms with Gasteiger partial charge in [-0.25, -0.2) is 14.6 Å². The van der Waals surface area contributed by atoms with E-state index >= 15 is 0 Å². The molecule has 0 saturated heterocycles. The van der Waals surface area contributed by atoms with Crippen molar-refractivity contribution in [3.8, 4) is 28.5 Å². The Balaban J connectivity index is 2.17. The first-order valence-corrected chi connectivity index (χ1v) is 8.96. The molecule has 28 heavy (non-hydrogen) atoms. The van der Waals surface area contributed by atoms with E-state index in [9.17, 15) is 4.79 Å². The second-order valence-corrected chi connectivity index (χ2v) is 6.41. The van der Waals surface area contributed by atoms with Gasteiger partial charge in [-0.2, -0.15) is 5.10 Å². The van der Waals surface area contributed by atoms with Gasteiger partial charge in [-0.05, 0) is 19.9 Å². The highest BCUT2D eigenvalue weighted by molar-refractivity contribution is 5.77. The van der Waals surface area contributed by atoms with E-state index in [0.29, 0.717) is 30.3 Å². The number of rotatable bonds is 7. The van der Waals surface area contributed by atoms with E-state index in [0.717, 1.165) is 5.56 Å². The Morgan fingerprint density at radius 3 is 2.46 bits per heavy atom. The summed E-state index contributed by atoms with van der Waals surface area (Å²) in [6.07, 6.45) is 0. The molecule has 0 unspecified atom stereocenters. The number of hydrogen-bond donors (Lipinski definition) is 1. The Morgan fingerprint density at radius 1 is 1.04 bits per heavy atom. The van der Waals surface area contributed by atoms with E-state index in [1.165, 1.54) is 10.7 Å². The van der Waals surface area contributed by atoms with E-state index in [-0.39, 0.29) is 23.3 Å². The van der Waals surface area contributed by atoms with Crippen molar-refractivity contribution in [3.05, 3.63) is 52.8 Å². The fraction of sp³-hybridized carbons (Fsp3) is 0.300. The molecule has 3 aromatic rings. The van der Waals surface area contributed by atoms with Crippen LogP contribution in [0, 0.1) is 0 Å². The lowest BCUT2D eigenvalue weighted by Gasteiger charge is -2.14. The van der Waals surface area contributed by atoms with E-state index in [4.69, 9.17) is 15.2 Å². The van der Waals surface area contributed by atoms with Gasteiger partial charge < -0.3 is 15.2 Å². The number of methoxy groups -OCH3 is 1. The fourth-order valence-electron chi connectivity index (χ4n) is 2.66. The first-order chi connectivity index (χ1) is 13.5. The summed E-state index contributed by atoms with van der Waals surface area (Å²) in [4.78, 5) is 21.2. The van der Waals surface area contributed by atoms with E-state index in [1.54, 1.807) is 13.2 Å². The summed E-state index contributed by atoms with van der Waals surface area (Å²) in [6, 6.07) is 12.6. The minimum absolute atomic E-state index is 0.0909. The second-order valence-electron chi connectivity index (χ2n) is 6.41. The van der Waals surface area contributed by atoms with Gasteiger partial charge in [0.15, 0.2) is 5.82 Å². The number of ether oxygens (including phenoxy) is 2. The van der Waals surface area contributed by atoms with Crippen LogP contribution in [0.15, 0.2) is 47.3 Å². The van der Waals surface area contributed by atoms with Gasteiger partial charge in [-0.1, -0.05) is 30.3 Å². The molecule has 8 heteroatoms. The largest absolute Gasteiger partial charge is 0.473 e. The van der Waals surface area contributed by atoms with Crippen LogP contribution in [-0.4, -0.2) is 40.1 Å². The van der Waals surface area contributed by atoms with Gasteiger partial charge in [-0.3, -0.25) is 4.79 Å². The van der Waals surface area contributed by atoms with Crippen molar-refractivity contribution in [1.29, 1.82) is 0 Å². The van der Waals surface area contributed by atoms with Crippen molar-refractivity contribution in [2.75, 3.05) is 26.1 Å². The topological polar surface area (TPSA) is 105 Å². The number of nitrogens with two attached hydrogens (primary N) is 1. The zero-order valence-corrected chi connectivity index (χ0v) is 16.1. The molecule has 0 saturated carbocycles. The molecule has 0 spiro atoms. The SMILES string of the molecule is COCCOc1nc(-c2ccc(=O)n(C(C)C)n2)c(-c2ccccc2)nc1N. The summed E-state index contributed by atoms with van der Waals surface area (Å²) >= 11 is 0. The van der Waals surface area contributed by atoms with Crippen LogP contribution < -0.4 is 16.0 Å². The fourth-order valence-corrected chi connectivity index (χ4v) is 2.66. The van der Waals surface area contributed by atoms with Crippen LogP contribution in [0.4, 0.5) is 5.82 Å². The highest BCUT2D eigenvalue weighted by Crippen LogP contribution is 2.31. The maximum Gasteiger partial charge on any atom is 0.267 e. The van der Waals surface area contributed by atoms with Crippen LogP contribution in [-0.2, 0) is 4.74 Å². The van der Waals surface area contributed by atoms with Crippen LogP contribution in [0.25, 0.3) is 22.6 Å². The molecule has 0 amide bonds. The maximum absolute atomic E-state index is 12.1. The third kappa shape index (κ3) is 4.17. The summed E-state index contributed by atoms with van der Waals surface area (Å²) in [6.45, 7) is 4.47. The summed E-state index contributed by atoms with van der Waals surface area (Å²) in [5, 5.41) is 4.48. The summed E-state index contributed by atoms with van der Waals surface area (Å²) < 4.78 is 12.0. The normalized spacial score (nSPS) is 11.0. The van der Waals surface area contributed by atoms with Crippen LogP contribution in [0.2, 0.25) is 0 Å². The molecule has 2 aromatic heterocycles. The Labute approximate surface area is 163 Å². The Kier molecular flexibility index (Phi) is 6.00. The van der Waals surface area contributed by atoms with Crippen LogP contribution in [0.1, 0.15) is 19.9 Å². The molecular weight excluding hydrogens is 358 g/mol. The number of anilines is 1. The standard InChI is InChI=1S/C20H23N5O3/c1-13(2)25-16(26)10-9-15(24-25)18-17(14-7-5-4-6-8-14)22-19(21)20(23-18)28-12-11-27-3/h4-10,13H,11-12H2,1-3H3,(H2,21,22). The number of nitrogens with zero attached hydrogens (tertiary/aromatic N) is 4. The molecule has 0 atom stereocenters. The first-order valence-electron chi connectivity index (χ1n) is 8.96. The van der Waals surface area contributed by atoms with E-state index in [2.05, 4.69) is 15.1 Å². The van der Waals surface area contributed by atoms with Crippen molar-refractivity contribution >= 4 is 5.82 Å². The highest BCUT2D eigenvalue weighted by atomic mass is 16.5. The zero-order valence-electron chi connectivity index (χ0n) is 16.1. The predicted octanol–water partition coefficient (Wildman–Crippen LogP) is 2.56. The van der Waals surface area contributed by atoms with Crippen LogP contribution >= 0.6 is 0 Å². The van der Waals surface area contributed by atoms with Crippen molar-refractivity contribution in [2.24, 2.45) is 0 Å². The van der Waals surface area contributed by atoms with Crippen molar-refractivity contribution in [1.82, 2.24) is 19.7 Å². The smallest absolute Gasteiger partial charge is 0.267 e. The van der Waals surface area contributed by atoms with Gasteiger partial charge in [0.2, 0.25) is 0 Å². The Hall–Kier alpha value is -3.26. The first kappa shape index (κ1) is 19.5.